The van der Waals surface area contributed by atoms with E-state index in [9.17, 15) is 0 Å². The van der Waals surface area contributed by atoms with Gasteiger partial charge in [0.2, 0.25) is 0 Å². The highest BCUT2D eigenvalue weighted by Gasteiger charge is 2.28. The molecule has 2 atom stereocenters. The van der Waals surface area contributed by atoms with E-state index in [1.165, 1.54) is 55.5 Å². The van der Waals surface area contributed by atoms with Crippen LogP contribution in [0.15, 0.2) is 18.2 Å². The van der Waals surface area contributed by atoms with Crippen LogP contribution in [-0.2, 0) is 0 Å². The van der Waals surface area contributed by atoms with Gasteiger partial charge in [-0.3, -0.25) is 0 Å². The Balaban J connectivity index is 1.68. The van der Waals surface area contributed by atoms with Gasteiger partial charge in [0.1, 0.15) is 0 Å². The molecule has 3 rings (SSSR count). The van der Waals surface area contributed by atoms with Gasteiger partial charge in [-0.2, -0.15) is 0 Å². The van der Waals surface area contributed by atoms with Crippen LogP contribution in [0.4, 0.5) is 0 Å². The van der Waals surface area contributed by atoms with Gasteiger partial charge < -0.3 is 10.6 Å². The largest absolute Gasteiger partial charge is 0.327 e. The van der Waals surface area contributed by atoms with Crippen molar-refractivity contribution in [2.45, 2.75) is 57.9 Å². The lowest BCUT2D eigenvalue weighted by molar-refractivity contribution is 0.164. The highest BCUT2D eigenvalue weighted by molar-refractivity contribution is 5.32. The summed E-state index contributed by atoms with van der Waals surface area (Å²) in [7, 11) is 0. The predicted molar refractivity (Wildman–Crippen MR) is 89.6 cm³/mol. The first-order valence-corrected chi connectivity index (χ1v) is 8.67. The SMILES string of the molecule is Cc1ccc(C2CC(N)CN(CC3CCCC3)C2)cc1C. The highest BCUT2D eigenvalue weighted by atomic mass is 15.2. The molecule has 1 aromatic rings. The van der Waals surface area contributed by atoms with Gasteiger partial charge in [-0.15, -0.1) is 0 Å². The van der Waals surface area contributed by atoms with Crippen LogP contribution < -0.4 is 5.73 Å². The van der Waals surface area contributed by atoms with E-state index in [4.69, 9.17) is 5.73 Å². The van der Waals surface area contributed by atoms with Gasteiger partial charge in [0, 0.05) is 25.7 Å². The molecule has 2 N–H and O–H groups in total. The zero-order chi connectivity index (χ0) is 14.8. The summed E-state index contributed by atoms with van der Waals surface area (Å²) in [5.74, 6) is 1.55. The predicted octanol–water partition coefficient (Wildman–Crippen LogP) is 3.61. The summed E-state index contributed by atoms with van der Waals surface area (Å²) in [5.41, 5.74) is 10.6. The molecule has 116 valence electrons. The maximum atomic E-state index is 6.35. The topological polar surface area (TPSA) is 29.3 Å². The molecule has 1 saturated heterocycles. The molecule has 1 saturated carbocycles. The Morgan fingerprint density at radius 1 is 1.10 bits per heavy atom. The fourth-order valence-corrected chi connectivity index (χ4v) is 4.20. The zero-order valence-corrected chi connectivity index (χ0v) is 13.6. The fraction of sp³-hybridized carbons (Fsp3) is 0.684. The van der Waals surface area contributed by atoms with Crippen LogP contribution in [0.2, 0.25) is 0 Å². The lowest BCUT2D eigenvalue weighted by atomic mass is 9.86. The number of likely N-dealkylation sites (tertiary alicyclic amines) is 1. The quantitative estimate of drug-likeness (QED) is 0.919. The monoisotopic (exact) mass is 286 g/mol. The summed E-state index contributed by atoms with van der Waals surface area (Å²) < 4.78 is 0. The number of nitrogens with two attached hydrogens (primary N) is 1. The number of hydrogen-bond acceptors (Lipinski definition) is 2. The van der Waals surface area contributed by atoms with Crippen LogP contribution in [0.1, 0.15) is 54.7 Å². The van der Waals surface area contributed by atoms with Crippen molar-refractivity contribution >= 4 is 0 Å². The Hall–Kier alpha value is -0.860. The molecule has 0 spiro atoms. The summed E-state index contributed by atoms with van der Waals surface area (Å²) in [6.45, 7) is 7.98. The minimum Gasteiger partial charge on any atom is -0.327 e. The number of benzene rings is 1. The van der Waals surface area contributed by atoms with Crippen molar-refractivity contribution in [3.63, 3.8) is 0 Å². The summed E-state index contributed by atoms with van der Waals surface area (Å²) in [6, 6.07) is 7.31. The molecule has 0 bridgehead atoms. The van der Waals surface area contributed by atoms with Gasteiger partial charge in [0.15, 0.2) is 0 Å². The van der Waals surface area contributed by atoms with Gasteiger partial charge in [-0.1, -0.05) is 31.0 Å². The Labute approximate surface area is 129 Å². The van der Waals surface area contributed by atoms with E-state index in [1.54, 1.807) is 0 Å². The van der Waals surface area contributed by atoms with E-state index < -0.39 is 0 Å². The third-order valence-electron chi connectivity index (χ3n) is 5.55. The molecule has 1 aliphatic carbocycles. The molecular formula is C19H30N2. The normalized spacial score (nSPS) is 28.1. The van der Waals surface area contributed by atoms with Crippen molar-refractivity contribution in [2.24, 2.45) is 11.7 Å². The van der Waals surface area contributed by atoms with E-state index in [1.807, 2.05) is 0 Å². The summed E-state index contributed by atoms with van der Waals surface area (Å²) in [4.78, 5) is 2.64. The van der Waals surface area contributed by atoms with Crippen molar-refractivity contribution in [3.8, 4) is 0 Å². The first-order chi connectivity index (χ1) is 10.1. The number of hydrogen-bond donors (Lipinski definition) is 1. The average Bonchev–Trinajstić information content (AvgIpc) is 2.94. The number of aryl methyl sites for hydroxylation is 2. The van der Waals surface area contributed by atoms with Crippen molar-refractivity contribution in [1.29, 1.82) is 0 Å². The van der Waals surface area contributed by atoms with Gasteiger partial charge in [-0.25, -0.2) is 0 Å². The smallest absolute Gasteiger partial charge is 0.0174 e. The molecule has 0 aromatic heterocycles. The first kappa shape index (κ1) is 15.1. The van der Waals surface area contributed by atoms with E-state index >= 15 is 0 Å². The molecule has 2 unspecified atom stereocenters. The Morgan fingerprint density at radius 2 is 1.86 bits per heavy atom. The summed E-state index contributed by atoms with van der Waals surface area (Å²) in [5, 5.41) is 0. The van der Waals surface area contributed by atoms with E-state index in [0.29, 0.717) is 12.0 Å². The van der Waals surface area contributed by atoms with Crippen LogP contribution in [0.25, 0.3) is 0 Å². The van der Waals surface area contributed by atoms with Crippen molar-refractivity contribution < 1.29 is 0 Å². The standard InChI is InChI=1S/C19H30N2/c1-14-7-8-17(9-15(14)2)18-10-19(20)13-21(12-18)11-16-5-3-4-6-16/h7-9,16,18-19H,3-6,10-13,20H2,1-2H3. The molecule has 1 aliphatic heterocycles. The second-order valence-electron chi connectivity index (χ2n) is 7.41. The van der Waals surface area contributed by atoms with Crippen LogP contribution in [-0.4, -0.2) is 30.6 Å². The molecule has 2 fully saturated rings. The third kappa shape index (κ3) is 3.67. The molecule has 21 heavy (non-hydrogen) atoms. The lowest BCUT2D eigenvalue weighted by Gasteiger charge is -2.38. The van der Waals surface area contributed by atoms with E-state index in [2.05, 4.69) is 36.9 Å². The molecule has 1 aromatic carbocycles. The number of nitrogens with zero attached hydrogens (tertiary/aromatic N) is 1. The number of rotatable bonds is 3. The molecule has 0 radical (unpaired) electrons. The minimum absolute atomic E-state index is 0.340. The molecule has 2 nitrogen and oxygen atoms in total. The van der Waals surface area contributed by atoms with Crippen molar-refractivity contribution in [1.82, 2.24) is 4.90 Å². The van der Waals surface area contributed by atoms with Gasteiger partial charge in [-0.05, 0) is 61.6 Å². The van der Waals surface area contributed by atoms with Crippen LogP contribution >= 0.6 is 0 Å². The van der Waals surface area contributed by atoms with Crippen LogP contribution in [0, 0.1) is 19.8 Å². The van der Waals surface area contributed by atoms with Gasteiger partial charge in [0.05, 0.1) is 0 Å². The van der Waals surface area contributed by atoms with Crippen LogP contribution in [0.5, 0.6) is 0 Å². The Bertz CT molecular complexity index is 476. The summed E-state index contributed by atoms with van der Waals surface area (Å²) >= 11 is 0. The molecule has 2 aliphatic rings. The molecular weight excluding hydrogens is 256 g/mol. The van der Waals surface area contributed by atoms with Crippen LogP contribution in [0.3, 0.4) is 0 Å². The number of piperidine rings is 1. The second-order valence-corrected chi connectivity index (χ2v) is 7.41. The molecule has 1 heterocycles. The van der Waals surface area contributed by atoms with Gasteiger partial charge in [0.25, 0.3) is 0 Å². The second kappa shape index (κ2) is 6.50. The highest BCUT2D eigenvalue weighted by Crippen LogP contribution is 2.31. The first-order valence-electron chi connectivity index (χ1n) is 8.67. The zero-order valence-electron chi connectivity index (χ0n) is 13.6. The van der Waals surface area contributed by atoms with Crippen molar-refractivity contribution in [3.05, 3.63) is 34.9 Å². The summed E-state index contributed by atoms with van der Waals surface area (Å²) in [6.07, 6.45) is 6.88. The molecule has 2 heteroatoms. The fourth-order valence-electron chi connectivity index (χ4n) is 4.20. The van der Waals surface area contributed by atoms with E-state index in [-0.39, 0.29) is 0 Å². The third-order valence-corrected chi connectivity index (χ3v) is 5.55. The average molecular weight is 286 g/mol. The Morgan fingerprint density at radius 3 is 2.57 bits per heavy atom. The maximum Gasteiger partial charge on any atom is 0.0174 e. The maximum absolute atomic E-state index is 6.35. The minimum atomic E-state index is 0.340. The Kier molecular flexibility index (Phi) is 4.66. The lowest BCUT2D eigenvalue weighted by Crippen LogP contribution is -2.47. The van der Waals surface area contributed by atoms with Crippen molar-refractivity contribution in [2.75, 3.05) is 19.6 Å². The van der Waals surface area contributed by atoms with Gasteiger partial charge >= 0.3 is 0 Å². The van der Waals surface area contributed by atoms with E-state index in [0.717, 1.165) is 18.9 Å². The molecule has 0 amide bonds.